The first-order valence-electron chi connectivity index (χ1n) is 4.34. The van der Waals surface area contributed by atoms with Crippen molar-refractivity contribution < 1.29 is 6.52 Å². The van der Waals surface area contributed by atoms with Gasteiger partial charge >= 0.3 is 0 Å². The van der Waals surface area contributed by atoms with Gasteiger partial charge in [0.1, 0.15) is 7.64 Å². The Hall–Kier alpha value is 0.01000. The number of hydrogen-bond donors (Lipinski definition) is 2. The van der Waals surface area contributed by atoms with Crippen molar-refractivity contribution >= 4 is 11.8 Å². The van der Waals surface area contributed by atoms with E-state index in [0.29, 0.717) is 0 Å². The molecular weight excluding hydrogens is 158 g/mol. The zero-order valence-corrected chi connectivity index (χ0v) is 7.39. The Balaban J connectivity index is 2.20. The van der Waals surface area contributed by atoms with Gasteiger partial charge in [0.2, 0.25) is 0 Å². The number of thioether (sulfide) groups is 1. The van der Waals surface area contributed by atoms with Gasteiger partial charge in [0.25, 0.3) is 0 Å². The topological polar surface area (TPSA) is 32.3 Å². The molecular formula is C8H15NOS. The number of aliphatic hydroxyl groups is 1. The van der Waals surface area contributed by atoms with Crippen LogP contribution in [0.15, 0.2) is 12.7 Å². The van der Waals surface area contributed by atoms with Gasteiger partial charge in [-0.05, 0) is 12.8 Å². The Morgan fingerprint density at radius 3 is 3.18 bits per heavy atom. The molecule has 1 saturated heterocycles. The third-order valence-corrected chi connectivity index (χ3v) is 2.78. The van der Waals surface area contributed by atoms with Gasteiger partial charge in [-0.3, -0.25) is 5.31 Å². The zero-order valence-electron chi connectivity index (χ0n) is 7.57. The quantitative estimate of drug-likeness (QED) is 0.492. The van der Waals surface area contributed by atoms with Crippen molar-refractivity contribution in [2.45, 2.75) is 25.1 Å². The molecule has 0 saturated carbocycles. The first-order chi connectivity index (χ1) is 5.75. The fourth-order valence-electron chi connectivity index (χ4n) is 1.15. The number of aliphatic hydroxyl groups excluding tert-OH is 1. The molecule has 0 aromatic rings. The van der Waals surface area contributed by atoms with Gasteiger partial charge in [0, 0.05) is 17.5 Å². The summed E-state index contributed by atoms with van der Waals surface area (Å²) in [5.74, 6) is 1.85. The Kier molecular flexibility index (Phi) is 3.34. The molecule has 11 heavy (non-hydrogen) atoms. The lowest BCUT2D eigenvalue weighted by atomic mass is 10.2. The van der Waals surface area contributed by atoms with E-state index in [1.807, 2.05) is 6.08 Å². The van der Waals surface area contributed by atoms with E-state index in [1.165, 1.54) is 5.31 Å². The average Bonchev–Trinajstić information content (AvgIpc) is 2.36. The molecule has 2 nitrogen and oxygen atoms in total. The lowest BCUT2D eigenvalue weighted by Crippen LogP contribution is -2.30. The summed E-state index contributed by atoms with van der Waals surface area (Å²) >= 11 is 1.77. The fraction of sp³-hybridized carbons (Fsp3) is 0.750. The van der Waals surface area contributed by atoms with Crippen LogP contribution in [0.2, 0.25) is 1.41 Å². The molecule has 3 heteroatoms. The Morgan fingerprint density at radius 1 is 1.82 bits per heavy atom. The highest BCUT2D eigenvalue weighted by Crippen LogP contribution is 2.14. The van der Waals surface area contributed by atoms with Crippen LogP contribution < -0.4 is 5.31 Å². The molecule has 0 amide bonds. The van der Waals surface area contributed by atoms with Crippen molar-refractivity contribution in [1.29, 1.82) is 0 Å². The summed E-state index contributed by atoms with van der Waals surface area (Å²) in [6, 6.07) is 0.227. The molecule has 0 aromatic heterocycles. The monoisotopic (exact) mass is 174 g/mol. The van der Waals surface area contributed by atoms with E-state index < -0.39 is 6.23 Å². The van der Waals surface area contributed by atoms with E-state index in [9.17, 15) is 5.11 Å². The maximum atomic E-state index is 9.23. The summed E-state index contributed by atoms with van der Waals surface area (Å²) in [5, 5.41) is 10.5. The fourth-order valence-corrected chi connectivity index (χ4v) is 1.98. The van der Waals surface area contributed by atoms with Crippen molar-refractivity contribution in [3.63, 3.8) is 0 Å². The minimum atomic E-state index is -0.542. The van der Waals surface area contributed by atoms with Crippen molar-refractivity contribution in [2.75, 3.05) is 11.5 Å². The van der Waals surface area contributed by atoms with Crippen LogP contribution in [0.25, 0.3) is 0 Å². The molecule has 1 rings (SSSR count). The van der Waals surface area contributed by atoms with E-state index in [2.05, 4.69) is 6.58 Å². The van der Waals surface area contributed by atoms with Gasteiger partial charge in [-0.15, -0.1) is 6.58 Å². The molecule has 2 N–H and O–H groups in total. The summed E-state index contributed by atoms with van der Waals surface area (Å²) in [4.78, 5) is 0. The number of rotatable bonds is 4. The predicted molar refractivity (Wildman–Crippen MR) is 49.7 cm³/mol. The summed E-state index contributed by atoms with van der Waals surface area (Å²) in [6.07, 6.45) is 3.00. The molecule has 0 radical (unpaired) electrons. The van der Waals surface area contributed by atoms with Crippen molar-refractivity contribution in [1.82, 2.24) is 5.31 Å². The van der Waals surface area contributed by atoms with E-state index in [4.69, 9.17) is 1.41 Å². The zero-order chi connectivity index (χ0) is 8.97. The van der Waals surface area contributed by atoms with Crippen LogP contribution in [-0.2, 0) is 0 Å². The molecule has 2 atom stereocenters. The van der Waals surface area contributed by atoms with Crippen LogP contribution >= 0.6 is 11.8 Å². The molecule has 1 fully saturated rings. The molecule has 0 aliphatic carbocycles. The van der Waals surface area contributed by atoms with Crippen molar-refractivity contribution in [3.05, 3.63) is 12.7 Å². The second-order valence-electron chi connectivity index (χ2n) is 2.69. The molecule has 0 bridgehead atoms. The minimum absolute atomic E-state index is 0.227. The summed E-state index contributed by atoms with van der Waals surface area (Å²) in [5.41, 5.74) is 0. The average molecular weight is 174 g/mol. The second-order valence-corrected chi connectivity index (χ2v) is 3.76. The van der Waals surface area contributed by atoms with Crippen molar-refractivity contribution in [3.8, 4) is 0 Å². The van der Waals surface area contributed by atoms with E-state index in [1.54, 1.807) is 11.8 Å². The normalized spacial score (nSPS) is 33.7. The van der Waals surface area contributed by atoms with Crippen molar-refractivity contribution in [2.24, 2.45) is 0 Å². The highest BCUT2D eigenvalue weighted by Gasteiger charge is 2.20. The summed E-state index contributed by atoms with van der Waals surface area (Å²) in [7, 11) is 0. The molecule has 1 aliphatic rings. The van der Waals surface area contributed by atoms with Gasteiger partial charge in [0.15, 0.2) is 0 Å². The van der Waals surface area contributed by atoms with Crippen LogP contribution in [0.3, 0.4) is 0 Å². The van der Waals surface area contributed by atoms with Crippen LogP contribution in [-0.4, -0.2) is 28.9 Å². The summed E-state index contributed by atoms with van der Waals surface area (Å²) in [6.45, 7) is 3.63. The molecule has 64 valence electrons. The van der Waals surface area contributed by atoms with Gasteiger partial charge in [-0.2, -0.15) is 11.8 Å². The minimum Gasteiger partial charge on any atom is -0.379 e. The third-order valence-electron chi connectivity index (χ3n) is 1.69. The van der Waals surface area contributed by atoms with Gasteiger partial charge < -0.3 is 5.11 Å². The maximum Gasteiger partial charge on any atom is 0.125 e. The number of nitrogens with one attached hydrogen (secondary N) is 1. The SMILES string of the molecule is [2H]N1C(O)CC[C@H]1CSCC=C. The molecule has 1 aliphatic heterocycles. The van der Waals surface area contributed by atoms with Crippen LogP contribution in [0.4, 0.5) is 0 Å². The van der Waals surface area contributed by atoms with E-state index in [0.717, 1.165) is 24.3 Å². The maximum absolute atomic E-state index is 9.23. The highest BCUT2D eigenvalue weighted by molar-refractivity contribution is 7.99. The standard InChI is InChI=1S/C8H15NOS/c1-2-5-11-6-7-3-4-8(10)9-7/h2,7-10H,1,3-6H2/t7-,8?/m0/s1/i/hD. The Bertz CT molecular complexity index is 156. The molecule has 1 heterocycles. The van der Waals surface area contributed by atoms with E-state index in [-0.39, 0.29) is 6.04 Å². The Labute approximate surface area is 73.5 Å². The second kappa shape index (κ2) is 4.80. The third kappa shape index (κ3) is 3.27. The van der Waals surface area contributed by atoms with Gasteiger partial charge in [-0.1, -0.05) is 6.08 Å². The van der Waals surface area contributed by atoms with Gasteiger partial charge in [0.05, 0.1) is 0 Å². The first-order valence-corrected chi connectivity index (χ1v) is 5.05. The summed E-state index contributed by atoms with van der Waals surface area (Å²) < 4.78 is 7.47. The van der Waals surface area contributed by atoms with Crippen LogP contribution in [0, 0.1) is 0 Å². The molecule has 1 unspecified atom stereocenters. The first kappa shape index (κ1) is 7.65. The highest BCUT2D eigenvalue weighted by atomic mass is 32.2. The number of hydrogen-bond acceptors (Lipinski definition) is 3. The smallest absolute Gasteiger partial charge is 0.125 e. The van der Waals surface area contributed by atoms with Crippen LogP contribution in [0.5, 0.6) is 0 Å². The van der Waals surface area contributed by atoms with E-state index >= 15 is 0 Å². The molecule has 0 aromatic carbocycles. The predicted octanol–water partition coefficient (Wildman–Crippen LogP) is 0.976. The largest absolute Gasteiger partial charge is 0.379 e. The van der Waals surface area contributed by atoms with Crippen LogP contribution in [0.1, 0.15) is 12.8 Å². The van der Waals surface area contributed by atoms with Gasteiger partial charge in [-0.25, -0.2) is 0 Å². The lowest BCUT2D eigenvalue weighted by Gasteiger charge is -2.09. The lowest BCUT2D eigenvalue weighted by molar-refractivity contribution is 0.156. The molecule has 0 spiro atoms. The Morgan fingerprint density at radius 2 is 2.64 bits per heavy atom.